The summed E-state index contributed by atoms with van der Waals surface area (Å²) in [7, 11) is 0. The highest BCUT2D eigenvalue weighted by molar-refractivity contribution is 5.96. The predicted molar refractivity (Wildman–Crippen MR) is 84.0 cm³/mol. The van der Waals surface area contributed by atoms with Gasteiger partial charge in [-0.1, -0.05) is 0 Å². The number of nitrogens with zero attached hydrogens (tertiary/aromatic N) is 2. The molecule has 0 radical (unpaired) electrons. The van der Waals surface area contributed by atoms with Crippen molar-refractivity contribution in [1.29, 1.82) is 0 Å². The molecule has 0 aliphatic heterocycles. The summed E-state index contributed by atoms with van der Waals surface area (Å²) in [5, 5.41) is 9.70. The minimum atomic E-state index is -0.328. The van der Waals surface area contributed by atoms with Crippen LogP contribution in [0.15, 0.2) is 24.3 Å². The average Bonchev–Trinajstić information content (AvgIpc) is 2.79. The summed E-state index contributed by atoms with van der Waals surface area (Å²) in [6.07, 6.45) is 0. The molecule has 0 unspecified atom stereocenters. The molecular formula is C16H19FN4O2. The maximum Gasteiger partial charge on any atom is 0.255 e. The molecule has 6 nitrogen and oxygen atoms in total. The summed E-state index contributed by atoms with van der Waals surface area (Å²) in [6.45, 7) is 5.65. The third-order valence-corrected chi connectivity index (χ3v) is 3.37. The summed E-state index contributed by atoms with van der Waals surface area (Å²) < 4.78 is 14.6. The van der Waals surface area contributed by atoms with E-state index < -0.39 is 0 Å². The van der Waals surface area contributed by atoms with Crippen molar-refractivity contribution in [3.8, 4) is 5.69 Å². The first-order valence-corrected chi connectivity index (χ1v) is 7.25. The van der Waals surface area contributed by atoms with Gasteiger partial charge in [0.25, 0.3) is 5.91 Å². The first kappa shape index (κ1) is 16.7. The molecule has 2 rings (SSSR count). The number of carbonyl (C=O) groups excluding carboxylic acids is 2. The Morgan fingerprint density at radius 2 is 1.74 bits per heavy atom. The van der Waals surface area contributed by atoms with E-state index >= 15 is 0 Å². The highest BCUT2D eigenvalue weighted by atomic mass is 19.1. The molecule has 2 amide bonds. The molecule has 2 N–H and O–H groups in total. The SMILES string of the molecule is CC(=O)NCCNC(=O)c1c(C)nn(-c2ccc(F)cc2)c1C. The van der Waals surface area contributed by atoms with E-state index in [0.717, 1.165) is 0 Å². The van der Waals surface area contributed by atoms with Crippen LogP contribution in [0.1, 0.15) is 28.7 Å². The number of benzene rings is 1. The zero-order valence-corrected chi connectivity index (χ0v) is 13.3. The molecule has 0 spiro atoms. The van der Waals surface area contributed by atoms with Crippen LogP contribution in [0.4, 0.5) is 4.39 Å². The van der Waals surface area contributed by atoms with Crippen molar-refractivity contribution in [2.24, 2.45) is 0 Å². The van der Waals surface area contributed by atoms with E-state index in [1.165, 1.54) is 19.1 Å². The lowest BCUT2D eigenvalue weighted by Crippen LogP contribution is -2.34. The molecule has 0 saturated carbocycles. The molecule has 7 heteroatoms. The van der Waals surface area contributed by atoms with Gasteiger partial charge >= 0.3 is 0 Å². The summed E-state index contributed by atoms with van der Waals surface area (Å²) >= 11 is 0. The molecule has 23 heavy (non-hydrogen) atoms. The zero-order chi connectivity index (χ0) is 17.0. The molecule has 0 fully saturated rings. The summed E-state index contributed by atoms with van der Waals surface area (Å²) in [5.74, 6) is -0.722. The minimum Gasteiger partial charge on any atom is -0.355 e. The fourth-order valence-electron chi connectivity index (χ4n) is 2.31. The Kier molecular flexibility index (Phi) is 5.10. The predicted octanol–water partition coefficient (Wildman–Crippen LogP) is 1.49. The van der Waals surface area contributed by atoms with Crippen LogP contribution in [0.5, 0.6) is 0 Å². The highest BCUT2D eigenvalue weighted by Gasteiger charge is 2.19. The Morgan fingerprint density at radius 3 is 2.35 bits per heavy atom. The molecule has 122 valence electrons. The summed E-state index contributed by atoms with van der Waals surface area (Å²) in [5.41, 5.74) is 2.43. The molecule has 0 saturated heterocycles. The summed E-state index contributed by atoms with van der Waals surface area (Å²) in [4.78, 5) is 23.1. The summed E-state index contributed by atoms with van der Waals surface area (Å²) in [6, 6.07) is 5.90. The largest absolute Gasteiger partial charge is 0.355 e. The monoisotopic (exact) mass is 318 g/mol. The third kappa shape index (κ3) is 3.94. The Hall–Kier alpha value is -2.70. The van der Waals surface area contributed by atoms with Crippen LogP contribution in [-0.4, -0.2) is 34.7 Å². The minimum absolute atomic E-state index is 0.143. The van der Waals surface area contributed by atoms with E-state index in [0.29, 0.717) is 35.7 Å². The van der Waals surface area contributed by atoms with Gasteiger partial charge in [0.15, 0.2) is 0 Å². The lowest BCUT2D eigenvalue weighted by atomic mass is 10.2. The smallest absolute Gasteiger partial charge is 0.255 e. The maximum absolute atomic E-state index is 13.0. The molecular weight excluding hydrogens is 299 g/mol. The van der Waals surface area contributed by atoms with Crippen LogP contribution in [0.2, 0.25) is 0 Å². The normalized spacial score (nSPS) is 10.4. The Balaban J connectivity index is 2.15. The third-order valence-electron chi connectivity index (χ3n) is 3.37. The topological polar surface area (TPSA) is 76.0 Å². The van der Waals surface area contributed by atoms with Crippen molar-refractivity contribution < 1.29 is 14.0 Å². The van der Waals surface area contributed by atoms with E-state index in [-0.39, 0.29) is 17.6 Å². The lowest BCUT2D eigenvalue weighted by molar-refractivity contribution is -0.118. The molecule has 1 heterocycles. The first-order valence-electron chi connectivity index (χ1n) is 7.25. The quantitative estimate of drug-likeness (QED) is 0.820. The van der Waals surface area contributed by atoms with Gasteiger partial charge in [-0.15, -0.1) is 0 Å². The molecule has 0 atom stereocenters. The van der Waals surface area contributed by atoms with Gasteiger partial charge in [0.2, 0.25) is 5.91 Å². The molecule has 2 aromatic rings. The number of rotatable bonds is 5. The second-order valence-corrected chi connectivity index (χ2v) is 5.17. The van der Waals surface area contributed by atoms with Gasteiger partial charge in [-0.05, 0) is 38.1 Å². The van der Waals surface area contributed by atoms with Crippen LogP contribution in [-0.2, 0) is 4.79 Å². The molecule has 0 aliphatic rings. The van der Waals surface area contributed by atoms with Crippen LogP contribution in [0.25, 0.3) is 5.69 Å². The van der Waals surface area contributed by atoms with Crippen LogP contribution in [0, 0.1) is 19.7 Å². The second-order valence-electron chi connectivity index (χ2n) is 5.17. The fourth-order valence-corrected chi connectivity index (χ4v) is 2.31. The van der Waals surface area contributed by atoms with Crippen molar-refractivity contribution in [3.63, 3.8) is 0 Å². The van der Waals surface area contributed by atoms with Gasteiger partial charge in [0, 0.05) is 20.0 Å². The van der Waals surface area contributed by atoms with Gasteiger partial charge < -0.3 is 10.6 Å². The molecule has 1 aromatic carbocycles. The van der Waals surface area contributed by atoms with Gasteiger partial charge in [0.05, 0.1) is 22.6 Å². The highest BCUT2D eigenvalue weighted by Crippen LogP contribution is 2.18. The Bertz CT molecular complexity index is 722. The molecule has 1 aromatic heterocycles. The van der Waals surface area contributed by atoms with Crippen LogP contribution in [0.3, 0.4) is 0 Å². The van der Waals surface area contributed by atoms with Gasteiger partial charge in [-0.2, -0.15) is 5.10 Å². The van der Waals surface area contributed by atoms with E-state index in [4.69, 9.17) is 0 Å². The second kappa shape index (κ2) is 7.04. The Labute approximate surface area is 133 Å². The first-order chi connectivity index (χ1) is 10.9. The van der Waals surface area contributed by atoms with E-state index in [9.17, 15) is 14.0 Å². The number of carbonyl (C=O) groups is 2. The number of aryl methyl sites for hydroxylation is 1. The lowest BCUT2D eigenvalue weighted by Gasteiger charge is -2.07. The number of aromatic nitrogens is 2. The number of halogens is 1. The van der Waals surface area contributed by atoms with Crippen molar-refractivity contribution in [2.45, 2.75) is 20.8 Å². The van der Waals surface area contributed by atoms with Crippen LogP contribution >= 0.6 is 0 Å². The Morgan fingerprint density at radius 1 is 1.13 bits per heavy atom. The maximum atomic E-state index is 13.0. The standard InChI is InChI=1S/C16H19FN4O2/c1-10-15(16(23)19-9-8-18-12(3)22)11(2)21(20-10)14-6-4-13(17)5-7-14/h4-7H,8-9H2,1-3H3,(H,18,22)(H,19,23). The van der Waals surface area contributed by atoms with Crippen molar-refractivity contribution >= 4 is 11.8 Å². The fraction of sp³-hybridized carbons (Fsp3) is 0.312. The van der Waals surface area contributed by atoms with Gasteiger partial charge in [0.1, 0.15) is 5.82 Å². The van der Waals surface area contributed by atoms with Crippen molar-refractivity contribution in [2.75, 3.05) is 13.1 Å². The van der Waals surface area contributed by atoms with Crippen molar-refractivity contribution in [1.82, 2.24) is 20.4 Å². The molecule has 0 bridgehead atoms. The van der Waals surface area contributed by atoms with E-state index in [1.54, 1.807) is 30.7 Å². The number of nitrogens with one attached hydrogen (secondary N) is 2. The zero-order valence-electron chi connectivity index (χ0n) is 13.3. The van der Waals surface area contributed by atoms with E-state index in [1.807, 2.05) is 0 Å². The van der Waals surface area contributed by atoms with Crippen molar-refractivity contribution in [3.05, 3.63) is 47.0 Å². The number of amides is 2. The van der Waals surface area contributed by atoms with Gasteiger partial charge in [-0.3, -0.25) is 9.59 Å². The molecule has 0 aliphatic carbocycles. The average molecular weight is 318 g/mol. The van der Waals surface area contributed by atoms with E-state index in [2.05, 4.69) is 15.7 Å². The number of hydrogen-bond acceptors (Lipinski definition) is 3. The van der Waals surface area contributed by atoms with Gasteiger partial charge in [-0.25, -0.2) is 9.07 Å². The number of hydrogen-bond donors (Lipinski definition) is 2. The van der Waals surface area contributed by atoms with Crippen LogP contribution < -0.4 is 10.6 Å².